The Morgan fingerprint density at radius 2 is 2.00 bits per heavy atom. The van der Waals surface area contributed by atoms with Gasteiger partial charge >= 0.3 is 0 Å². The van der Waals surface area contributed by atoms with E-state index in [2.05, 4.69) is 0 Å². The average molecular weight is 210 g/mol. The van der Waals surface area contributed by atoms with Crippen LogP contribution in [0.1, 0.15) is 18.5 Å². The Kier molecular flexibility index (Phi) is 4.53. The Hall–Kier alpha value is -0.310. The minimum atomic E-state index is -0.343. The summed E-state index contributed by atoms with van der Waals surface area (Å²) in [6.07, 6.45) is 0. The number of rotatable bonds is 1. The van der Waals surface area contributed by atoms with Gasteiger partial charge < -0.3 is 5.73 Å². The van der Waals surface area contributed by atoms with E-state index in [9.17, 15) is 4.39 Å². The Balaban J connectivity index is 0.00000121. The first-order chi connectivity index (χ1) is 5.09. The highest BCUT2D eigenvalue weighted by molar-refractivity contribution is 6.30. The van der Waals surface area contributed by atoms with Gasteiger partial charge in [0.25, 0.3) is 0 Å². The molecule has 0 heterocycles. The molecule has 0 saturated heterocycles. The number of nitrogens with two attached hydrogens (primary N) is 1. The zero-order valence-electron chi connectivity index (χ0n) is 6.55. The lowest BCUT2D eigenvalue weighted by Gasteiger charge is -2.05. The third-order valence-corrected chi connectivity index (χ3v) is 1.63. The second-order valence-electron chi connectivity index (χ2n) is 2.49. The lowest BCUT2D eigenvalue weighted by Crippen LogP contribution is -2.04. The first-order valence-corrected chi connectivity index (χ1v) is 3.69. The largest absolute Gasteiger partial charge is 0.324 e. The maximum atomic E-state index is 12.6. The Labute approximate surface area is 82.1 Å². The topological polar surface area (TPSA) is 26.0 Å². The lowest BCUT2D eigenvalue weighted by atomic mass is 10.1. The van der Waals surface area contributed by atoms with E-state index >= 15 is 0 Å². The minimum absolute atomic E-state index is 0. The molecule has 4 heteroatoms. The van der Waals surface area contributed by atoms with Crippen molar-refractivity contribution in [1.82, 2.24) is 0 Å². The van der Waals surface area contributed by atoms with Gasteiger partial charge in [-0.15, -0.1) is 12.4 Å². The number of hydrogen-bond acceptors (Lipinski definition) is 1. The monoisotopic (exact) mass is 209 g/mol. The number of halogens is 3. The van der Waals surface area contributed by atoms with Gasteiger partial charge in [0.15, 0.2) is 0 Å². The Morgan fingerprint density at radius 1 is 1.42 bits per heavy atom. The summed E-state index contributed by atoms with van der Waals surface area (Å²) in [5.41, 5.74) is 6.24. The molecule has 12 heavy (non-hydrogen) atoms. The van der Waals surface area contributed by atoms with Crippen LogP contribution in [-0.2, 0) is 0 Å². The summed E-state index contributed by atoms with van der Waals surface area (Å²) < 4.78 is 12.6. The SMILES string of the molecule is C[C@H](N)c1cc(F)cc(Cl)c1.Cl. The summed E-state index contributed by atoms with van der Waals surface area (Å²) in [7, 11) is 0. The van der Waals surface area contributed by atoms with Gasteiger partial charge in [0.2, 0.25) is 0 Å². The van der Waals surface area contributed by atoms with Crippen LogP contribution in [0.5, 0.6) is 0 Å². The molecule has 0 aliphatic rings. The molecule has 0 aliphatic carbocycles. The van der Waals surface area contributed by atoms with E-state index in [0.717, 1.165) is 5.56 Å². The first kappa shape index (κ1) is 11.7. The van der Waals surface area contributed by atoms with Crippen LogP contribution in [0.2, 0.25) is 5.02 Å². The second-order valence-corrected chi connectivity index (χ2v) is 2.93. The molecule has 0 radical (unpaired) electrons. The molecule has 0 aromatic heterocycles. The molecule has 1 aromatic carbocycles. The summed E-state index contributed by atoms with van der Waals surface area (Å²) in [5, 5.41) is 0.386. The van der Waals surface area contributed by atoms with E-state index in [1.807, 2.05) is 0 Å². The Bertz CT molecular complexity index is 243. The van der Waals surface area contributed by atoms with Crippen molar-refractivity contribution in [3.8, 4) is 0 Å². The standard InChI is InChI=1S/C8H9ClFN.ClH/c1-5(11)6-2-7(9)4-8(10)3-6;/h2-5H,11H2,1H3;1H/t5-;/m0./s1. The first-order valence-electron chi connectivity index (χ1n) is 3.31. The Morgan fingerprint density at radius 3 is 2.42 bits per heavy atom. The normalized spacial score (nSPS) is 12.0. The van der Waals surface area contributed by atoms with Crippen LogP contribution in [-0.4, -0.2) is 0 Å². The van der Waals surface area contributed by atoms with E-state index in [1.54, 1.807) is 13.0 Å². The summed E-state index contributed by atoms with van der Waals surface area (Å²) >= 11 is 5.60. The third kappa shape index (κ3) is 2.97. The van der Waals surface area contributed by atoms with Crippen LogP contribution < -0.4 is 5.73 Å². The zero-order valence-corrected chi connectivity index (χ0v) is 8.12. The van der Waals surface area contributed by atoms with Gasteiger partial charge in [0, 0.05) is 11.1 Å². The van der Waals surface area contributed by atoms with Crippen LogP contribution >= 0.6 is 24.0 Å². The van der Waals surface area contributed by atoms with Gasteiger partial charge in [0.1, 0.15) is 5.82 Å². The van der Waals surface area contributed by atoms with E-state index in [4.69, 9.17) is 17.3 Å². The summed E-state index contributed by atoms with van der Waals surface area (Å²) in [5.74, 6) is -0.343. The van der Waals surface area contributed by atoms with Crippen LogP contribution in [0.25, 0.3) is 0 Å². The molecule has 1 aromatic rings. The van der Waals surface area contributed by atoms with Crippen molar-refractivity contribution < 1.29 is 4.39 Å². The van der Waals surface area contributed by atoms with E-state index in [1.165, 1.54) is 12.1 Å². The smallest absolute Gasteiger partial charge is 0.125 e. The van der Waals surface area contributed by atoms with E-state index in [0.29, 0.717) is 5.02 Å². The summed E-state index contributed by atoms with van der Waals surface area (Å²) in [6, 6.07) is 4.13. The van der Waals surface area contributed by atoms with Crippen molar-refractivity contribution >= 4 is 24.0 Å². The predicted octanol–water partition coefficient (Wildman–Crippen LogP) is 2.92. The minimum Gasteiger partial charge on any atom is -0.324 e. The van der Waals surface area contributed by atoms with Crippen molar-refractivity contribution in [2.45, 2.75) is 13.0 Å². The zero-order chi connectivity index (χ0) is 8.43. The fraction of sp³-hybridized carbons (Fsp3) is 0.250. The van der Waals surface area contributed by atoms with Gasteiger partial charge in [-0.05, 0) is 30.7 Å². The number of benzene rings is 1. The molecular weight excluding hydrogens is 200 g/mol. The van der Waals surface area contributed by atoms with Crippen molar-refractivity contribution in [3.63, 3.8) is 0 Å². The fourth-order valence-corrected chi connectivity index (χ4v) is 1.07. The maximum absolute atomic E-state index is 12.6. The molecule has 2 N–H and O–H groups in total. The molecule has 0 saturated carbocycles. The molecule has 0 fully saturated rings. The highest BCUT2D eigenvalue weighted by Crippen LogP contribution is 2.17. The number of hydrogen-bond donors (Lipinski definition) is 1. The van der Waals surface area contributed by atoms with Crippen molar-refractivity contribution in [1.29, 1.82) is 0 Å². The molecule has 1 rings (SSSR count). The van der Waals surface area contributed by atoms with Crippen LogP contribution in [0, 0.1) is 5.82 Å². The molecule has 68 valence electrons. The molecule has 1 nitrogen and oxygen atoms in total. The second kappa shape index (κ2) is 4.65. The average Bonchev–Trinajstić information content (AvgIpc) is 1.85. The van der Waals surface area contributed by atoms with Gasteiger partial charge in [-0.3, -0.25) is 0 Å². The highest BCUT2D eigenvalue weighted by Gasteiger charge is 2.02. The third-order valence-electron chi connectivity index (χ3n) is 1.41. The summed E-state index contributed by atoms with van der Waals surface area (Å²) in [6.45, 7) is 1.78. The summed E-state index contributed by atoms with van der Waals surface area (Å²) in [4.78, 5) is 0. The van der Waals surface area contributed by atoms with Crippen LogP contribution in [0.4, 0.5) is 4.39 Å². The fourth-order valence-electron chi connectivity index (χ4n) is 0.838. The van der Waals surface area contributed by atoms with Crippen LogP contribution in [0.3, 0.4) is 0 Å². The quantitative estimate of drug-likeness (QED) is 0.757. The highest BCUT2D eigenvalue weighted by atomic mass is 35.5. The van der Waals surface area contributed by atoms with Gasteiger partial charge in [-0.1, -0.05) is 11.6 Å². The molecule has 0 amide bonds. The molecule has 0 unspecified atom stereocenters. The van der Waals surface area contributed by atoms with E-state index < -0.39 is 0 Å². The van der Waals surface area contributed by atoms with Gasteiger partial charge in [-0.2, -0.15) is 0 Å². The maximum Gasteiger partial charge on any atom is 0.125 e. The van der Waals surface area contributed by atoms with Crippen molar-refractivity contribution in [3.05, 3.63) is 34.6 Å². The lowest BCUT2D eigenvalue weighted by molar-refractivity contribution is 0.622. The molecule has 0 bridgehead atoms. The molecular formula is C8H10Cl2FN. The van der Waals surface area contributed by atoms with E-state index in [-0.39, 0.29) is 24.3 Å². The molecule has 0 spiro atoms. The van der Waals surface area contributed by atoms with Crippen molar-refractivity contribution in [2.75, 3.05) is 0 Å². The molecule has 0 aliphatic heterocycles. The molecule has 1 atom stereocenters. The van der Waals surface area contributed by atoms with Gasteiger partial charge in [-0.25, -0.2) is 4.39 Å². The van der Waals surface area contributed by atoms with Crippen LogP contribution in [0.15, 0.2) is 18.2 Å². The van der Waals surface area contributed by atoms with Crippen molar-refractivity contribution in [2.24, 2.45) is 5.73 Å². The van der Waals surface area contributed by atoms with Gasteiger partial charge in [0.05, 0.1) is 0 Å². The predicted molar refractivity (Wildman–Crippen MR) is 51.3 cm³/mol.